The van der Waals surface area contributed by atoms with E-state index >= 15 is 0 Å². The highest BCUT2D eigenvalue weighted by atomic mass is 16.5. The fraction of sp³-hybridized carbons (Fsp3) is 0.438. The number of ether oxygens (including phenoxy) is 1. The first-order chi connectivity index (χ1) is 17.6. The molecule has 6 rings (SSSR count). The van der Waals surface area contributed by atoms with Crippen LogP contribution in [0.3, 0.4) is 0 Å². The first-order valence-corrected chi connectivity index (χ1v) is 13.4. The lowest BCUT2D eigenvalue weighted by molar-refractivity contribution is 0.0115. The second-order valence-corrected chi connectivity index (χ2v) is 11.0. The second-order valence-electron chi connectivity index (χ2n) is 11.0. The molecule has 0 spiro atoms. The standard InChI is InChI=1S/C32H39N3O/c1-22(2)26-14-15-28(36-3)27(20-26)21-34-31-25-16-18-32(35-33,19-17-25)30(31)29(23-10-6-4-7-11-23)24-12-8-5-9-13-24/h4-15,20,22,25,29-31,33-34H,16-19,21H2,1-3H3. The van der Waals surface area contributed by atoms with Gasteiger partial charge < -0.3 is 10.1 Å². The van der Waals surface area contributed by atoms with Crippen LogP contribution < -0.4 is 10.1 Å². The number of nitrogens with zero attached hydrogens (tertiary/aromatic N) is 1. The van der Waals surface area contributed by atoms with Gasteiger partial charge in [0.15, 0.2) is 0 Å². The highest BCUT2D eigenvalue weighted by Gasteiger charge is 2.56. The Morgan fingerprint density at radius 2 is 1.53 bits per heavy atom. The van der Waals surface area contributed by atoms with Gasteiger partial charge in [-0.25, -0.2) is 5.53 Å². The normalized spacial score (nSPS) is 25.3. The summed E-state index contributed by atoms with van der Waals surface area (Å²) < 4.78 is 5.75. The number of benzene rings is 3. The zero-order valence-corrected chi connectivity index (χ0v) is 21.8. The molecular weight excluding hydrogens is 442 g/mol. The minimum atomic E-state index is -0.327. The molecule has 188 valence electrons. The Hall–Kier alpha value is -2.98. The zero-order chi connectivity index (χ0) is 25.1. The molecule has 3 aliphatic rings. The Kier molecular flexibility index (Phi) is 7.25. The van der Waals surface area contributed by atoms with Gasteiger partial charge >= 0.3 is 0 Å². The van der Waals surface area contributed by atoms with Crippen LogP contribution in [0.4, 0.5) is 0 Å². The maximum absolute atomic E-state index is 8.42. The average Bonchev–Trinajstić information content (AvgIpc) is 2.94. The highest BCUT2D eigenvalue weighted by molar-refractivity contribution is 5.39. The van der Waals surface area contributed by atoms with Crippen molar-refractivity contribution >= 4 is 0 Å². The molecule has 3 aromatic carbocycles. The Morgan fingerprint density at radius 1 is 0.917 bits per heavy atom. The molecule has 0 amide bonds. The molecule has 2 N–H and O–H groups in total. The third-order valence-corrected chi connectivity index (χ3v) is 8.81. The van der Waals surface area contributed by atoms with E-state index in [0.717, 1.165) is 38.0 Å². The molecule has 3 saturated carbocycles. The fourth-order valence-electron chi connectivity index (χ4n) is 6.91. The van der Waals surface area contributed by atoms with Crippen LogP contribution in [0.15, 0.2) is 84.0 Å². The smallest absolute Gasteiger partial charge is 0.123 e. The van der Waals surface area contributed by atoms with Gasteiger partial charge in [-0.1, -0.05) is 86.6 Å². The summed E-state index contributed by atoms with van der Waals surface area (Å²) in [4.78, 5) is 0. The van der Waals surface area contributed by atoms with Crippen molar-refractivity contribution in [3.63, 3.8) is 0 Å². The predicted octanol–water partition coefficient (Wildman–Crippen LogP) is 7.70. The number of nitrogens with one attached hydrogen (secondary N) is 2. The van der Waals surface area contributed by atoms with Crippen LogP contribution in [-0.2, 0) is 6.54 Å². The van der Waals surface area contributed by atoms with Gasteiger partial charge in [-0.3, -0.25) is 0 Å². The van der Waals surface area contributed by atoms with Crippen LogP contribution >= 0.6 is 0 Å². The van der Waals surface area contributed by atoms with Crippen LogP contribution in [-0.4, -0.2) is 18.7 Å². The number of methoxy groups -OCH3 is 1. The van der Waals surface area contributed by atoms with Crippen LogP contribution in [0.25, 0.3) is 0 Å². The van der Waals surface area contributed by atoms with Crippen molar-refractivity contribution in [3.05, 3.63) is 101 Å². The molecule has 0 aliphatic heterocycles. The highest BCUT2D eigenvalue weighted by Crippen LogP contribution is 2.56. The number of hydrogen-bond donors (Lipinski definition) is 2. The quantitative estimate of drug-likeness (QED) is 0.308. The van der Waals surface area contributed by atoms with Crippen molar-refractivity contribution in [2.24, 2.45) is 17.0 Å². The lowest BCUT2D eigenvalue weighted by Gasteiger charge is -2.56. The van der Waals surface area contributed by atoms with Gasteiger partial charge in [0.25, 0.3) is 0 Å². The van der Waals surface area contributed by atoms with Gasteiger partial charge in [-0.15, -0.1) is 0 Å². The van der Waals surface area contributed by atoms with E-state index in [2.05, 4.69) is 103 Å². The van der Waals surface area contributed by atoms with E-state index in [1.165, 1.54) is 22.3 Å². The van der Waals surface area contributed by atoms with Crippen molar-refractivity contribution in [3.8, 4) is 5.75 Å². The minimum absolute atomic E-state index is 0.186. The molecule has 0 heterocycles. The van der Waals surface area contributed by atoms with Crippen molar-refractivity contribution < 1.29 is 4.74 Å². The third kappa shape index (κ3) is 4.59. The Bertz CT molecular complexity index is 1110. The molecule has 0 aromatic heterocycles. The van der Waals surface area contributed by atoms with Crippen molar-refractivity contribution in [2.75, 3.05) is 7.11 Å². The number of hydrogen-bond acceptors (Lipinski definition) is 4. The first-order valence-electron chi connectivity index (χ1n) is 13.4. The lowest BCUT2D eigenvalue weighted by atomic mass is 9.52. The van der Waals surface area contributed by atoms with Gasteiger partial charge in [-0.2, -0.15) is 5.11 Å². The molecular formula is C32H39N3O. The van der Waals surface area contributed by atoms with Crippen molar-refractivity contribution in [1.29, 1.82) is 5.53 Å². The summed E-state index contributed by atoms with van der Waals surface area (Å²) in [5.74, 6) is 2.40. The Labute approximate surface area is 216 Å². The van der Waals surface area contributed by atoms with E-state index in [1.54, 1.807) is 7.11 Å². The molecule has 4 nitrogen and oxygen atoms in total. The summed E-state index contributed by atoms with van der Waals surface area (Å²) in [6.07, 6.45) is 4.28. The van der Waals surface area contributed by atoms with E-state index in [0.29, 0.717) is 11.8 Å². The first kappa shape index (κ1) is 24.7. The lowest BCUT2D eigenvalue weighted by Crippen LogP contribution is -2.61. The van der Waals surface area contributed by atoms with Crippen molar-refractivity contribution in [2.45, 2.75) is 69.5 Å². The van der Waals surface area contributed by atoms with Gasteiger partial charge in [0.2, 0.25) is 0 Å². The van der Waals surface area contributed by atoms with Gasteiger partial charge in [-0.05, 0) is 60.3 Å². The summed E-state index contributed by atoms with van der Waals surface area (Å²) >= 11 is 0. The van der Waals surface area contributed by atoms with E-state index in [-0.39, 0.29) is 23.4 Å². The summed E-state index contributed by atoms with van der Waals surface area (Å²) in [5, 5.41) is 8.47. The summed E-state index contributed by atoms with van der Waals surface area (Å²) in [6, 6.07) is 28.6. The molecule has 3 aromatic rings. The average molecular weight is 482 g/mol. The second kappa shape index (κ2) is 10.6. The maximum atomic E-state index is 8.42. The molecule has 3 aliphatic carbocycles. The molecule has 3 fully saturated rings. The van der Waals surface area contributed by atoms with Crippen LogP contribution in [0, 0.1) is 17.4 Å². The van der Waals surface area contributed by atoms with E-state index in [9.17, 15) is 0 Å². The minimum Gasteiger partial charge on any atom is -0.496 e. The van der Waals surface area contributed by atoms with Crippen LogP contribution in [0.5, 0.6) is 5.75 Å². The zero-order valence-electron chi connectivity index (χ0n) is 21.8. The fourth-order valence-corrected chi connectivity index (χ4v) is 6.91. The van der Waals surface area contributed by atoms with Gasteiger partial charge in [0.1, 0.15) is 5.75 Å². The van der Waals surface area contributed by atoms with Gasteiger partial charge in [0, 0.05) is 30.0 Å². The monoisotopic (exact) mass is 481 g/mol. The summed E-state index contributed by atoms with van der Waals surface area (Å²) in [5.41, 5.74) is 13.3. The summed E-state index contributed by atoms with van der Waals surface area (Å²) in [7, 11) is 1.76. The Balaban J connectivity index is 1.55. The van der Waals surface area contributed by atoms with Crippen LogP contribution in [0.1, 0.15) is 73.6 Å². The SMILES string of the molecule is COc1ccc(C(C)C)cc1CNC1C2CCC(N=N)(CC2)C1C(c1ccccc1)c1ccccc1. The molecule has 4 heteroatoms. The van der Waals surface area contributed by atoms with Crippen molar-refractivity contribution in [1.82, 2.24) is 5.32 Å². The number of rotatable bonds is 9. The predicted molar refractivity (Wildman–Crippen MR) is 146 cm³/mol. The molecule has 0 saturated heterocycles. The summed E-state index contributed by atoms with van der Waals surface area (Å²) in [6.45, 7) is 5.23. The van der Waals surface area contributed by atoms with E-state index < -0.39 is 0 Å². The molecule has 2 unspecified atom stereocenters. The molecule has 2 atom stereocenters. The largest absolute Gasteiger partial charge is 0.496 e. The number of fused-ring (bicyclic) bond motifs is 3. The molecule has 2 bridgehead atoms. The van der Waals surface area contributed by atoms with E-state index in [1.807, 2.05) is 0 Å². The topological polar surface area (TPSA) is 57.5 Å². The Morgan fingerprint density at radius 3 is 2.06 bits per heavy atom. The molecule has 0 radical (unpaired) electrons. The molecule has 36 heavy (non-hydrogen) atoms. The third-order valence-electron chi connectivity index (χ3n) is 8.81. The van der Waals surface area contributed by atoms with Gasteiger partial charge in [0.05, 0.1) is 12.6 Å². The van der Waals surface area contributed by atoms with E-state index in [4.69, 9.17) is 10.3 Å². The maximum Gasteiger partial charge on any atom is 0.123 e. The van der Waals surface area contributed by atoms with Crippen LogP contribution in [0.2, 0.25) is 0 Å².